The van der Waals surface area contributed by atoms with E-state index < -0.39 is 56.9 Å². The molecule has 212 valence electrons. The molecule has 0 radical (unpaired) electrons. The second-order valence-electron chi connectivity index (χ2n) is 7.68. The molecule has 0 aliphatic carbocycles. The van der Waals surface area contributed by atoms with Crippen molar-refractivity contribution in [3.63, 3.8) is 0 Å². The maximum atomic E-state index is 12.8. The molecule has 3 aromatic rings. The topological polar surface area (TPSA) is 218 Å². The van der Waals surface area contributed by atoms with Gasteiger partial charge in [0.1, 0.15) is 32.7 Å². The fourth-order valence-corrected chi connectivity index (χ4v) is 7.65. The smallest absolute Gasteiger partial charge is 0.319 e. The van der Waals surface area contributed by atoms with Gasteiger partial charge in [-0.15, -0.1) is 10.2 Å². The van der Waals surface area contributed by atoms with Gasteiger partial charge >= 0.3 is 9.15 Å². The van der Waals surface area contributed by atoms with Crippen LogP contribution in [0.3, 0.4) is 0 Å². The fraction of sp³-hybridized carbons (Fsp3) is 0.238. The molecule has 4 N–H and O–H groups in total. The molecule has 0 atom stereocenters. The van der Waals surface area contributed by atoms with Crippen molar-refractivity contribution in [1.29, 1.82) is 0 Å². The first-order chi connectivity index (χ1) is 18.1. The SMILES string of the molecule is CNc1ccc2cc(S(=O)(=O)O)c(N=Nc3cc(OC)c(S(=O)(=O)CCSS(=O)(=O)O)cc3OC)c(O)c2c1. The molecular formula is C21H23N3O11S4. The lowest BCUT2D eigenvalue weighted by Crippen LogP contribution is -2.11. The lowest BCUT2D eigenvalue weighted by atomic mass is 10.1. The molecule has 0 spiro atoms. The summed E-state index contributed by atoms with van der Waals surface area (Å²) in [5, 5.41) is 22.0. The molecule has 14 nitrogen and oxygen atoms in total. The Kier molecular flexibility index (Phi) is 8.98. The van der Waals surface area contributed by atoms with E-state index in [-0.39, 0.29) is 38.3 Å². The third-order valence-corrected chi connectivity index (χ3v) is 10.2. The Hall–Kier alpha value is -3.16. The van der Waals surface area contributed by atoms with Crippen LogP contribution in [0.2, 0.25) is 0 Å². The monoisotopic (exact) mass is 621 g/mol. The Morgan fingerprint density at radius 1 is 0.897 bits per heavy atom. The Balaban J connectivity index is 2.14. The first-order valence-corrected chi connectivity index (χ1v) is 16.6. The number of phenols is 1. The molecule has 0 saturated carbocycles. The summed E-state index contributed by atoms with van der Waals surface area (Å²) in [7, 11) is -9.41. The van der Waals surface area contributed by atoms with E-state index in [2.05, 4.69) is 15.5 Å². The van der Waals surface area contributed by atoms with Gasteiger partial charge in [-0.25, -0.2) is 8.42 Å². The summed E-state index contributed by atoms with van der Waals surface area (Å²) in [5.74, 6) is -2.11. The number of phenolic OH excluding ortho intramolecular Hbond substituents is 1. The van der Waals surface area contributed by atoms with Crippen LogP contribution in [0.25, 0.3) is 10.8 Å². The largest absolute Gasteiger partial charge is 0.505 e. The van der Waals surface area contributed by atoms with Gasteiger partial charge in [-0.1, -0.05) is 6.07 Å². The highest BCUT2D eigenvalue weighted by Gasteiger charge is 2.25. The molecule has 39 heavy (non-hydrogen) atoms. The summed E-state index contributed by atoms with van der Waals surface area (Å²) >= 11 is 0. The Labute approximate surface area is 227 Å². The number of hydrogen-bond acceptors (Lipinski definition) is 13. The number of fused-ring (bicyclic) bond motifs is 1. The highest BCUT2D eigenvalue weighted by molar-refractivity contribution is 8.70. The van der Waals surface area contributed by atoms with E-state index in [9.17, 15) is 34.9 Å². The zero-order valence-electron chi connectivity index (χ0n) is 20.5. The standard InChI is InChI=1S/C21H23N3O11S4/c1-22-13-5-4-12-8-19(38(28,29)30)20(21(25)14(12)9-13)24-23-15-10-17(35-3)18(11-16(15)34-2)37(26,27)7-6-36-39(31,32)33/h4-5,8-11,22,25H,6-7H2,1-3H3,(H,28,29,30)(H,31,32,33). The van der Waals surface area contributed by atoms with Crippen molar-refractivity contribution < 1.29 is 48.9 Å². The van der Waals surface area contributed by atoms with Crippen LogP contribution in [0.15, 0.2) is 56.4 Å². The molecular weight excluding hydrogens is 599 g/mol. The van der Waals surface area contributed by atoms with Crippen molar-refractivity contribution in [2.75, 3.05) is 38.1 Å². The number of benzene rings is 3. The number of aromatic hydroxyl groups is 1. The Bertz CT molecular complexity index is 1770. The van der Waals surface area contributed by atoms with Crippen molar-refractivity contribution >= 4 is 67.7 Å². The molecule has 0 amide bonds. The molecule has 0 heterocycles. The van der Waals surface area contributed by atoms with Crippen LogP contribution >= 0.6 is 10.8 Å². The summed E-state index contributed by atoms with van der Waals surface area (Å²) < 4.78 is 101. The van der Waals surface area contributed by atoms with Crippen LogP contribution in [0.1, 0.15) is 0 Å². The molecule has 0 fully saturated rings. The molecule has 0 saturated heterocycles. The lowest BCUT2D eigenvalue weighted by Gasteiger charge is -2.13. The quantitative estimate of drug-likeness (QED) is 0.137. The van der Waals surface area contributed by atoms with Crippen molar-refractivity contribution in [2.45, 2.75) is 9.79 Å². The van der Waals surface area contributed by atoms with E-state index in [1.807, 2.05) is 0 Å². The van der Waals surface area contributed by atoms with Gasteiger partial charge in [0.05, 0.1) is 20.0 Å². The van der Waals surface area contributed by atoms with Gasteiger partial charge < -0.3 is 19.9 Å². The first-order valence-electron chi connectivity index (χ1n) is 10.6. The zero-order chi connectivity index (χ0) is 29.2. The second-order valence-corrected chi connectivity index (χ2v) is 14.6. The Morgan fingerprint density at radius 3 is 2.13 bits per heavy atom. The summed E-state index contributed by atoms with van der Waals surface area (Å²) in [6, 6.07) is 7.96. The van der Waals surface area contributed by atoms with Crippen molar-refractivity contribution in [2.24, 2.45) is 10.2 Å². The molecule has 0 aromatic heterocycles. The van der Waals surface area contributed by atoms with Crippen LogP contribution in [-0.2, 0) is 29.1 Å². The third-order valence-electron chi connectivity index (χ3n) is 5.26. The Morgan fingerprint density at radius 2 is 1.56 bits per heavy atom. The molecule has 0 unspecified atom stereocenters. The molecule has 3 rings (SSSR count). The highest BCUT2D eigenvalue weighted by atomic mass is 33.1. The van der Waals surface area contributed by atoms with Gasteiger partial charge in [-0.05, 0) is 34.4 Å². The van der Waals surface area contributed by atoms with Gasteiger partial charge in [-0.2, -0.15) is 16.8 Å². The van der Waals surface area contributed by atoms with E-state index in [1.165, 1.54) is 26.4 Å². The number of methoxy groups -OCH3 is 2. The maximum Gasteiger partial charge on any atom is 0.319 e. The summed E-state index contributed by atoms with van der Waals surface area (Å²) in [4.78, 5) is -1.10. The van der Waals surface area contributed by atoms with Crippen LogP contribution in [-0.4, -0.2) is 72.2 Å². The number of rotatable bonds is 11. The molecule has 0 aliphatic rings. The van der Waals surface area contributed by atoms with E-state index in [1.54, 1.807) is 13.1 Å². The van der Waals surface area contributed by atoms with Crippen molar-refractivity contribution in [3.8, 4) is 17.2 Å². The van der Waals surface area contributed by atoms with Gasteiger partial charge in [0, 0.05) is 36.0 Å². The summed E-state index contributed by atoms with van der Waals surface area (Å²) in [5.41, 5.74) is -0.123. The zero-order valence-corrected chi connectivity index (χ0v) is 23.8. The van der Waals surface area contributed by atoms with Gasteiger partial charge in [0.25, 0.3) is 10.1 Å². The van der Waals surface area contributed by atoms with Gasteiger partial charge in [-0.3, -0.25) is 9.11 Å². The summed E-state index contributed by atoms with van der Waals surface area (Å²) in [6.45, 7) is 0. The first kappa shape index (κ1) is 30.4. The van der Waals surface area contributed by atoms with Crippen LogP contribution in [0, 0.1) is 0 Å². The highest BCUT2D eigenvalue weighted by Crippen LogP contribution is 2.44. The van der Waals surface area contributed by atoms with Crippen LogP contribution in [0.4, 0.5) is 17.1 Å². The number of hydrogen-bond donors (Lipinski definition) is 4. The van der Waals surface area contributed by atoms with E-state index in [4.69, 9.17) is 14.0 Å². The molecule has 0 aliphatic heterocycles. The lowest BCUT2D eigenvalue weighted by molar-refractivity contribution is 0.393. The number of azo groups is 1. The number of ether oxygens (including phenoxy) is 2. The minimum absolute atomic E-state index is 0.0409. The molecule has 0 bridgehead atoms. The van der Waals surface area contributed by atoms with E-state index in [0.717, 1.165) is 18.2 Å². The predicted octanol–water partition coefficient (Wildman–Crippen LogP) is 3.58. The van der Waals surface area contributed by atoms with Crippen LogP contribution < -0.4 is 14.8 Å². The van der Waals surface area contributed by atoms with E-state index >= 15 is 0 Å². The third kappa shape index (κ3) is 7.08. The minimum Gasteiger partial charge on any atom is -0.505 e. The van der Waals surface area contributed by atoms with E-state index in [0.29, 0.717) is 11.1 Å². The van der Waals surface area contributed by atoms with Gasteiger partial charge in [0.15, 0.2) is 15.6 Å². The number of nitrogens with zero attached hydrogens (tertiary/aromatic N) is 2. The second kappa shape index (κ2) is 11.5. The van der Waals surface area contributed by atoms with Crippen LogP contribution in [0.5, 0.6) is 17.2 Å². The fourth-order valence-electron chi connectivity index (χ4n) is 3.43. The molecule has 3 aromatic carbocycles. The maximum absolute atomic E-state index is 12.8. The average Bonchev–Trinajstić information content (AvgIpc) is 2.85. The minimum atomic E-state index is -4.87. The normalized spacial score (nSPS) is 12.6. The number of nitrogens with one attached hydrogen (secondary N) is 1. The van der Waals surface area contributed by atoms with Gasteiger partial charge in [0.2, 0.25) is 0 Å². The average molecular weight is 622 g/mol. The summed E-state index contributed by atoms with van der Waals surface area (Å²) in [6.07, 6.45) is 0. The van der Waals surface area contributed by atoms with Crippen molar-refractivity contribution in [3.05, 3.63) is 36.4 Å². The molecule has 18 heteroatoms. The predicted molar refractivity (Wildman–Crippen MR) is 145 cm³/mol. The number of sulfone groups is 1. The number of anilines is 1. The van der Waals surface area contributed by atoms with Crippen molar-refractivity contribution in [1.82, 2.24) is 0 Å².